The van der Waals surface area contributed by atoms with Crippen LogP contribution in [0.3, 0.4) is 0 Å². The smallest absolute Gasteiger partial charge is 0.195 e. The molecule has 84 valence electrons. The van der Waals surface area contributed by atoms with Crippen molar-refractivity contribution in [2.24, 2.45) is 0 Å². The van der Waals surface area contributed by atoms with Gasteiger partial charge in [-0.15, -0.1) is 0 Å². The van der Waals surface area contributed by atoms with Crippen molar-refractivity contribution in [3.8, 4) is 0 Å². The van der Waals surface area contributed by atoms with E-state index >= 15 is 0 Å². The number of anilines is 1. The summed E-state index contributed by atoms with van der Waals surface area (Å²) < 4.78 is 5.71. The van der Waals surface area contributed by atoms with Gasteiger partial charge >= 0.3 is 0 Å². The third-order valence-corrected chi connectivity index (χ3v) is 2.68. The molecule has 0 amide bonds. The summed E-state index contributed by atoms with van der Waals surface area (Å²) in [5, 5.41) is 3.34. The summed E-state index contributed by atoms with van der Waals surface area (Å²) in [4.78, 5) is 4.40. The number of furan rings is 1. The van der Waals surface area contributed by atoms with Crippen molar-refractivity contribution in [2.45, 2.75) is 6.54 Å². The molecule has 0 bridgehead atoms. The Morgan fingerprint density at radius 2 is 2.07 bits per heavy atom. The Morgan fingerprint density at radius 1 is 1.33 bits per heavy atom. The monoisotopic (exact) mass is 209 g/mol. The van der Waals surface area contributed by atoms with Crippen molar-refractivity contribution < 1.29 is 4.42 Å². The molecule has 4 heteroatoms. The van der Waals surface area contributed by atoms with Crippen LogP contribution in [0.1, 0.15) is 5.76 Å². The summed E-state index contributed by atoms with van der Waals surface area (Å²) in [5.74, 6) is 1.99. The molecule has 2 rings (SSSR count). The Labute approximate surface area is 90.8 Å². The van der Waals surface area contributed by atoms with Crippen molar-refractivity contribution in [2.75, 3.05) is 45.2 Å². The maximum atomic E-state index is 5.71. The van der Waals surface area contributed by atoms with E-state index in [2.05, 4.69) is 16.3 Å². The van der Waals surface area contributed by atoms with Crippen LogP contribution in [0.5, 0.6) is 0 Å². The van der Waals surface area contributed by atoms with E-state index in [1.54, 1.807) is 0 Å². The number of nitrogens with one attached hydrogen (secondary N) is 1. The van der Waals surface area contributed by atoms with Crippen LogP contribution in [0.2, 0.25) is 0 Å². The van der Waals surface area contributed by atoms with Crippen LogP contribution in [-0.4, -0.2) is 45.2 Å². The molecule has 0 atom stereocenters. The van der Waals surface area contributed by atoms with Gasteiger partial charge in [0.15, 0.2) is 5.88 Å². The highest BCUT2D eigenvalue weighted by molar-refractivity contribution is 5.33. The first-order valence-electron chi connectivity index (χ1n) is 5.45. The van der Waals surface area contributed by atoms with E-state index in [4.69, 9.17) is 4.42 Å². The van der Waals surface area contributed by atoms with E-state index in [1.165, 1.54) is 0 Å². The maximum Gasteiger partial charge on any atom is 0.195 e. The maximum absolute atomic E-state index is 5.71. The van der Waals surface area contributed by atoms with Gasteiger partial charge in [-0.05, 0) is 6.07 Å². The van der Waals surface area contributed by atoms with Crippen molar-refractivity contribution in [3.05, 3.63) is 17.9 Å². The first kappa shape index (κ1) is 10.5. The fourth-order valence-corrected chi connectivity index (χ4v) is 1.78. The molecule has 1 aliphatic rings. The molecule has 0 spiro atoms. The van der Waals surface area contributed by atoms with Gasteiger partial charge in [-0.3, -0.25) is 4.90 Å². The predicted molar refractivity (Wildman–Crippen MR) is 61.2 cm³/mol. The lowest BCUT2D eigenvalue weighted by molar-refractivity contribution is 0.217. The molecule has 0 saturated carbocycles. The summed E-state index contributed by atoms with van der Waals surface area (Å²) in [6.45, 7) is 5.31. The number of hydrogen-bond donors (Lipinski definition) is 1. The van der Waals surface area contributed by atoms with E-state index in [1.807, 2.05) is 25.1 Å². The summed E-state index contributed by atoms with van der Waals surface area (Å²) in [5.41, 5.74) is 0. The lowest BCUT2D eigenvalue weighted by Crippen LogP contribution is -2.42. The summed E-state index contributed by atoms with van der Waals surface area (Å²) in [7, 11) is 3.99. The highest BCUT2D eigenvalue weighted by Gasteiger charge is 2.12. The van der Waals surface area contributed by atoms with Gasteiger partial charge in [-0.2, -0.15) is 0 Å². The molecule has 1 saturated heterocycles. The normalized spacial score (nSPS) is 18.0. The van der Waals surface area contributed by atoms with Gasteiger partial charge in [-0.25, -0.2) is 0 Å². The Bertz CT molecular complexity index is 303. The SMILES string of the molecule is CN(C)c1ccc(CN2CCNCC2)o1. The lowest BCUT2D eigenvalue weighted by Gasteiger charge is -2.26. The van der Waals surface area contributed by atoms with Crippen LogP contribution in [0.4, 0.5) is 5.88 Å². The van der Waals surface area contributed by atoms with Crippen LogP contribution in [0, 0.1) is 0 Å². The van der Waals surface area contributed by atoms with E-state index < -0.39 is 0 Å². The first-order chi connectivity index (χ1) is 7.25. The lowest BCUT2D eigenvalue weighted by atomic mass is 10.3. The number of piperazine rings is 1. The molecular weight excluding hydrogens is 190 g/mol. The van der Waals surface area contributed by atoms with Gasteiger partial charge in [0.05, 0.1) is 6.54 Å². The second-order valence-corrected chi connectivity index (χ2v) is 4.16. The van der Waals surface area contributed by atoms with Crippen molar-refractivity contribution >= 4 is 5.88 Å². The second kappa shape index (κ2) is 4.68. The quantitative estimate of drug-likeness (QED) is 0.796. The van der Waals surface area contributed by atoms with Gasteiger partial charge in [-0.1, -0.05) is 0 Å². The van der Waals surface area contributed by atoms with Gasteiger partial charge in [0.1, 0.15) is 5.76 Å². The highest BCUT2D eigenvalue weighted by Crippen LogP contribution is 2.17. The van der Waals surface area contributed by atoms with Crippen molar-refractivity contribution in [1.29, 1.82) is 0 Å². The number of nitrogens with zero attached hydrogens (tertiary/aromatic N) is 2. The van der Waals surface area contributed by atoms with Crippen molar-refractivity contribution in [3.63, 3.8) is 0 Å². The van der Waals surface area contributed by atoms with E-state index in [-0.39, 0.29) is 0 Å². The topological polar surface area (TPSA) is 31.6 Å². The standard InChI is InChI=1S/C11H19N3O/c1-13(2)11-4-3-10(15-11)9-14-7-5-12-6-8-14/h3-4,12H,5-9H2,1-2H3. The molecule has 15 heavy (non-hydrogen) atoms. The van der Waals surface area contributed by atoms with Gasteiger partial charge in [0.25, 0.3) is 0 Å². The zero-order valence-electron chi connectivity index (χ0n) is 9.49. The molecule has 1 aromatic heterocycles. The minimum atomic E-state index is 0.926. The third kappa shape index (κ3) is 2.73. The van der Waals surface area contributed by atoms with Gasteiger partial charge < -0.3 is 14.6 Å². The molecule has 0 aromatic carbocycles. The minimum absolute atomic E-state index is 0.926. The van der Waals surface area contributed by atoms with Crippen LogP contribution in [-0.2, 0) is 6.54 Å². The molecule has 1 aromatic rings. The van der Waals surface area contributed by atoms with Crippen LogP contribution >= 0.6 is 0 Å². The number of hydrogen-bond acceptors (Lipinski definition) is 4. The van der Waals surface area contributed by atoms with E-state index in [0.717, 1.165) is 44.4 Å². The zero-order chi connectivity index (χ0) is 10.7. The van der Waals surface area contributed by atoms with E-state index in [9.17, 15) is 0 Å². The van der Waals surface area contributed by atoms with Gasteiger partial charge in [0, 0.05) is 46.3 Å². The second-order valence-electron chi connectivity index (χ2n) is 4.16. The predicted octanol–water partition coefficient (Wildman–Crippen LogP) is 0.751. The van der Waals surface area contributed by atoms with Crippen LogP contribution < -0.4 is 10.2 Å². The third-order valence-electron chi connectivity index (χ3n) is 2.68. The summed E-state index contributed by atoms with van der Waals surface area (Å²) in [6, 6.07) is 4.09. The molecule has 4 nitrogen and oxygen atoms in total. The fraction of sp³-hybridized carbons (Fsp3) is 0.636. The Balaban J connectivity index is 1.91. The van der Waals surface area contributed by atoms with Crippen molar-refractivity contribution in [1.82, 2.24) is 10.2 Å². The summed E-state index contributed by atoms with van der Waals surface area (Å²) in [6.07, 6.45) is 0. The fourth-order valence-electron chi connectivity index (χ4n) is 1.78. The molecule has 1 N–H and O–H groups in total. The Morgan fingerprint density at radius 3 is 2.67 bits per heavy atom. The molecule has 1 aliphatic heterocycles. The summed E-state index contributed by atoms with van der Waals surface area (Å²) >= 11 is 0. The largest absolute Gasteiger partial charge is 0.444 e. The first-order valence-corrected chi connectivity index (χ1v) is 5.45. The molecule has 0 radical (unpaired) electrons. The Hall–Kier alpha value is -1.00. The molecule has 0 aliphatic carbocycles. The Kier molecular flexibility index (Phi) is 3.28. The van der Waals surface area contributed by atoms with Crippen LogP contribution in [0.25, 0.3) is 0 Å². The van der Waals surface area contributed by atoms with Crippen LogP contribution in [0.15, 0.2) is 16.5 Å². The van der Waals surface area contributed by atoms with Gasteiger partial charge in [0.2, 0.25) is 0 Å². The number of rotatable bonds is 3. The molecule has 2 heterocycles. The zero-order valence-corrected chi connectivity index (χ0v) is 9.49. The molecular formula is C11H19N3O. The van der Waals surface area contributed by atoms with E-state index in [0.29, 0.717) is 0 Å². The average Bonchev–Trinajstić information content (AvgIpc) is 2.68. The highest BCUT2D eigenvalue weighted by atomic mass is 16.4. The minimum Gasteiger partial charge on any atom is -0.444 e. The molecule has 0 unspecified atom stereocenters. The average molecular weight is 209 g/mol. The molecule has 1 fully saturated rings.